The summed E-state index contributed by atoms with van der Waals surface area (Å²) in [6.45, 7) is 4.57. The molecule has 2 saturated heterocycles. The van der Waals surface area contributed by atoms with Gasteiger partial charge in [-0.2, -0.15) is 11.8 Å². The molecule has 3 aromatic carbocycles. The average Bonchev–Trinajstić information content (AvgIpc) is 3.04. The molecule has 2 fully saturated rings. The molecular formula is C35H37FN4O4S. The molecule has 2 N–H and O–H groups in total. The van der Waals surface area contributed by atoms with Crippen LogP contribution in [-0.2, 0) is 28.3 Å². The molecule has 45 heavy (non-hydrogen) atoms. The van der Waals surface area contributed by atoms with Crippen molar-refractivity contribution in [1.82, 2.24) is 20.0 Å². The number of hydrogen-bond acceptors (Lipinski definition) is 5. The monoisotopic (exact) mass is 628 g/mol. The second-order valence-electron chi connectivity index (χ2n) is 11.0. The van der Waals surface area contributed by atoms with Crippen molar-refractivity contribution < 1.29 is 23.9 Å². The molecule has 0 aromatic heterocycles. The number of urea groups is 1. The Bertz CT molecular complexity index is 1530. The number of fused-ring (bicyclic) bond motifs is 1. The predicted molar refractivity (Wildman–Crippen MR) is 173 cm³/mol. The van der Waals surface area contributed by atoms with Gasteiger partial charge in [0.2, 0.25) is 11.8 Å². The van der Waals surface area contributed by atoms with Crippen molar-refractivity contribution in [2.75, 3.05) is 18.8 Å². The maximum absolute atomic E-state index is 14.0. The van der Waals surface area contributed by atoms with Crippen molar-refractivity contribution in [1.29, 1.82) is 0 Å². The number of thioether (sulfide) groups is 1. The van der Waals surface area contributed by atoms with Gasteiger partial charge >= 0.3 is 6.03 Å². The number of amides is 4. The smallest absolute Gasteiger partial charge is 0.323 e. The molecule has 8 nitrogen and oxygen atoms in total. The van der Waals surface area contributed by atoms with E-state index in [1.807, 2.05) is 24.3 Å². The third-order valence-electron chi connectivity index (χ3n) is 7.94. The van der Waals surface area contributed by atoms with Crippen LogP contribution in [0, 0.1) is 5.82 Å². The molecule has 0 radical (unpaired) electrons. The number of piperazine rings is 1. The van der Waals surface area contributed by atoms with Gasteiger partial charge in [-0.15, -0.1) is 6.58 Å². The lowest BCUT2D eigenvalue weighted by Crippen LogP contribution is -2.72. The Morgan fingerprint density at radius 1 is 1.00 bits per heavy atom. The molecule has 3 aromatic rings. The van der Waals surface area contributed by atoms with Crippen LogP contribution < -0.4 is 5.32 Å². The maximum atomic E-state index is 14.0. The highest BCUT2D eigenvalue weighted by Crippen LogP contribution is 2.33. The average molecular weight is 629 g/mol. The zero-order valence-electron chi connectivity index (χ0n) is 25.0. The second-order valence-corrected chi connectivity index (χ2v) is 12.1. The fourth-order valence-electron chi connectivity index (χ4n) is 5.68. The first-order valence-corrected chi connectivity index (χ1v) is 16.1. The van der Waals surface area contributed by atoms with Gasteiger partial charge in [-0.05, 0) is 47.4 Å². The van der Waals surface area contributed by atoms with Crippen molar-refractivity contribution in [3.05, 3.63) is 126 Å². The van der Waals surface area contributed by atoms with E-state index in [1.54, 1.807) is 68.9 Å². The van der Waals surface area contributed by atoms with Crippen molar-refractivity contribution in [2.45, 2.75) is 43.8 Å². The number of benzene rings is 3. The quantitative estimate of drug-likeness (QED) is 0.218. The van der Waals surface area contributed by atoms with Crippen molar-refractivity contribution in [2.24, 2.45) is 0 Å². The Kier molecular flexibility index (Phi) is 10.6. The van der Waals surface area contributed by atoms with Crippen LogP contribution >= 0.6 is 11.8 Å². The maximum Gasteiger partial charge on any atom is 0.323 e. The molecule has 10 heteroatoms. The Labute approximate surface area is 267 Å². The fraction of sp³-hybridized carbons (Fsp3) is 0.286. The summed E-state index contributed by atoms with van der Waals surface area (Å²) in [7, 11) is 0. The number of halogens is 1. The number of phenolic OH excluding ortho intramolecular Hbond substituents is 1. The summed E-state index contributed by atoms with van der Waals surface area (Å²) in [6, 6.07) is 21.4. The van der Waals surface area contributed by atoms with Gasteiger partial charge in [-0.25, -0.2) is 9.18 Å². The van der Waals surface area contributed by atoms with Crippen LogP contribution in [0.2, 0.25) is 0 Å². The summed E-state index contributed by atoms with van der Waals surface area (Å²) in [6.07, 6.45) is 3.46. The molecule has 5 rings (SSSR count). The number of nitrogens with zero attached hydrogens (tertiary/aromatic N) is 3. The summed E-state index contributed by atoms with van der Waals surface area (Å²) < 4.78 is 13.5. The number of carbonyl (C=O) groups excluding carboxylic acids is 3. The molecule has 2 aliphatic rings. The van der Waals surface area contributed by atoms with Gasteiger partial charge < -0.3 is 20.2 Å². The SMILES string of the molecule is C=CC/C=C1\CC(=O)N2[C@H](CN(CCSCc3ccccc3)C(=O)[C@@H]2Cc2ccc(O)cc2)N1C(=O)NCc1ccc(F)cc1. The molecule has 4 amide bonds. The number of aromatic hydroxyl groups is 1. The van der Waals surface area contributed by atoms with Crippen LogP contribution in [-0.4, -0.2) is 68.7 Å². The molecule has 0 spiro atoms. The van der Waals surface area contributed by atoms with E-state index in [2.05, 4.69) is 24.0 Å². The van der Waals surface area contributed by atoms with Gasteiger partial charge in [0.05, 0.1) is 13.0 Å². The van der Waals surface area contributed by atoms with Crippen LogP contribution in [0.25, 0.3) is 0 Å². The first-order chi connectivity index (χ1) is 21.8. The molecule has 2 heterocycles. The van der Waals surface area contributed by atoms with Gasteiger partial charge in [-0.3, -0.25) is 14.5 Å². The van der Waals surface area contributed by atoms with E-state index in [0.29, 0.717) is 24.4 Å². The van der Waals surface area contributed by atoms with Crippen LogP contribution in [0.5, 0.6) is 5.75 Å². The molecule has 2 atom stereocenters. The second kappa shape index (κ2) is 14.9. The van der Waals surface area contributed by atoms with E-state index in [-0.39, 0.29) is 49.3 Å². The highest BCUT2D eigenvalue weighted by Gasteiger charge is 2.50. The third kappa shape index (κ3) is 7.94. The minimum Gasteiger partial charge on any atom is -0.508 e. The van der Waals surface area contributed by atoms with Crippen LogP contribution in [0.1, 0.15) is 29.5 Å². The summed E-state index contributed by atoms with van der Waals surface area (Å²) in [4.78, 5) is 46.6. The molecule has 234 valence electrons. The van der Waals surface area contributed by atoms with Crippen molar-refractivity contribution in [3.63, 3.8) is 0 Å². The minimum atomic E-state index is -0.826. The van der Waals surface area contributed by atoms with Gasteiger partial charge in [0.15, 0.2) is 0 Å². The normalized spacial score (nSPS) is 19.0. The van der Waals surface area contributed by atoms with Gasteiger partial charge in [-0.1, -0.05) is 66.7 Å². The summed E-state index contributed by atoms with van der Waals surface area (Å²) in [5.74, 6) is 0.840. The standard InChI is InChI=1S/C35H37FN4O4S/c1-2-3-9-29-21-33(42)40-31(20-25-12-16-30(41)17-13-25)34(43)38(18-19-45-24-27-7-5-4-6-8-27)23-32(40)39(29)35(44)37-22-26-10-14-28(36)15-11-26/h2,4-17,31-32,41H,1,3,18-24H2,(H,37,44)/b29-9+/t31-,32+/m0/s1. The molecule has 0 saturated carbocycles. The minimum absolute atomic E-state index is 0.0411. The number of rotatable bonds is 11. The summed E-state index contributed by atoms with van der Waals surface area (Å²) in [5, 5.41) is 12.7. The van der Waals surface area contributed by atoms with E-state index in [0.717, 1.165) is 16.9 Å². The predicted octanol–water partition coefficient (Wildman–Crippen LogP) is 5.45. The van der Waals surface area contributed by atoms with Crippen LogP contribution in [0.4, 0.5) is 9.18 Å². The first-order valence-electron chi connectivity index (χ1n) is 14.9. The van der Waals surface area contributed by atoms with Crippen molar-refractivity contribution >= 4 is 29.6 Å². The molecular weight excluding hydrogens is 591 g/mol. The zero-order chi connectivity index (χ0) is 31.8. The third-order valence-corrected chi connectivity index (χ3v) is 8.95. The number of carbonyl (C=O) groups is 3. The van der Waals surface area contributed by atoms with Gasteiger partial charge in [0, 0.05) is 36.7 Å². The van der Waals surface area contributed by atoms with Crippen molar-refractivity contribution in [3.8, 4) is 5.75 Å². The molecule has 2 aliphatic heterocycles. The lowest BCUT2D eigenvalue weighted by molar-refractivity contribution is -0.163. The first kappa shape index (κ1) is 31.8. The fourth-order valence-corrected chi connectivity index (χ4v) is 6.61. The number of hydrogen-bond donors (Lipinski definition) is 2. The Morgan fingerprint density at radius 2 is 1.71 bits per heavy atom. The van der Waals surface area contributed by atoms with Gasteiger partial charge in [0.1, 0.15) is 23.8 Å². The lowest BCUT2D eigenvalue weighted by Gasteiger charge is -2.53. The van der Waals surface area contributed by atoms with Crippen LogP contribution in [0.15, 0.2) is 103 Å². The number of phenols is 1. The highest BCUT2D eigenvalue weighted by molar-refractivity contribution is 7.98. The zero-order valence-corrected chi connectivity index (χ0v) is 25.8. The lowest BCUT2D eigenvalue weighted by atomic mass is 9.96. The molecule has 0 unspecified atom stereocenters. The summed E-state index contributed by atoms with van der Waals surface area (Å²) >= 11 is 1.72. The van der Waals surface area contributed by atoms with Gasteiger partial charge in [0.25, 0.3) is 0 Å². The largest absolute Gasteiger partial charge is 0.508 e. The summed E-state index contributed by atoms with van der Waals surface area (Å²) in [5.41, 5.74) is 3.27. The van der Waals surface area contributed by atoms with Crippen LogP contribution in [0.3, 0.4) is 0 Å². The Morgan fingerprint density at radius 3 is 2.42 bits per heavy atom. The topological polar surface area (TPSA) is 93.2 Å². The highest BCUT2D eigenvalue weighted by atomic mass is 32.2. The van der Waals surface area contributed by atoms with E-state index in [1.165, 1.54) is 17.7 Å². The van der Waals surface area contributed by atoms with E-state index in [4.69, 9.17) is 0 Å². The van der Waals surface area contributed by atoms with E-state index < -0.39 is 18.2 Å². The molecule has 0 bridgehead atoms. The van der Waals surface area contributed by atoms with E-state index >= 15 is 0 Å². The Hall–Kier alpha value is -4.57. The Balaban J connectivity index is 1.42. The number of nitrogens with one attached hydrogen (secondary N) is 1. The van der Waals surface area contributed by atoms with E-state index in [9.17, 15) is 23.9 Å². The molecule has 0 aliphatic carbocycles. The number of allylic oxidation sites excluding steroid dienone is 2.